The van der Waals surface area contributed by atoms with E-state index in [-0.39, 0.29) is 11.8 Å². The monoisotopic (exact) mass is 504 g/mol. The number of likely N-dealkylation sites (N-methyl/N-ethyl adjacent to an activating group) is 1. The summed E-state index contributed by atoms with van der Waals surface area (Å²) in [5, 5.41) is 2.95. The Balaban J connectivity index is 1.63. The van der Waals surface area contributed by atoms with Gasteiger partial charge in [0.1, 0.15) is 0 Å². The average molecular weight is 505 g/mol. The van der Waals surface area contributed by atoms with Crippen LogP contribution in [0.25, 0.3) is 11.4 Å². The lowest BCUT2D eigenvalue weighted by molar-refractivity contribution is 0.0796. The molecule has 1 aromatic heterocycles. The number of methoxy groups -OCH3 is 2. The van der Waals surface area contributed by atoms with Crippen LogP contribution in [0.1, 0.15) is 53.0 Å². The zero-order valence-corrected chi connectivity index (χ0v) is 22.3. The highest BCUT2D eigenvalue weighted by atomic mass is 16.5. The molecule has 196 valence electrons. The van der Waals surface area contributed by atoms with Crippen LogP contribution in [0.3, 0.4) is 0 Å². The summed E-state index contributed by atoms with van der Waals surface area (Å²) < 4.78 is 10.7. The number of carbonyl (C=O) groups excluding carboxylic acids is 2. The van der Waals surface area contributed by atoms with Gasteiger partial charge in [0.15, 0.2) is 17.3 Å². The summed E-state index contributed by atoms with van der Waals surface area (Å²) >= 11 is 0. The molecule has 0 fully saturated rings. The lowest BCUT2D eigenvalue weighted by atomic mass is 10.0. The van der Waals surface area contributed by atoms with Crippen molar-refractivity contribution in [1.29, 1.82) is 0 Å². The predicted molar refractivity (Wildman–Crippen MR) is 144 cm³/mol. The number of nitrogens with zero attached hydrogens (tertiary/aromatic N) is 3. The standard InChI is InChI=1S/C29H36N4O4/c1-6-20(7-2)17-32-28(34)24-18-30-27(31-19-24)22-9-8-10-23(16-22)29(35)33(3)14-13-21-11-12-25(36-4)26(15-21)37-5/h8-12,15-16,18-20H,6-7,13-14,17H2,1-5H3,(H,32,34). The van der Waals surface area contributed by atoms with Gasteiger partial charge >= 0.3 is 0 Å². The van der Waals surface area contributed by atoms with Gasteiger partial charge in [0, 0.05) is 43.7 Å². The second-order valence-electron chi connectivity index (χ2n) is 8.93. The third kappa shape index (κ3) is 7.29. The fourth-order valence-corrected chi connectivity index (χ4v) is 3.96. The molecule has 0 saturated heterocycles. The van der Waals surface area contributed by atoms with Crippen molar-refractivity contribution in [3.63, 3.8) is 0 Å². The van der Waals surface area contributed by atoms with Crippen molar-refractivity contribution in [2.45, 2.75) is 33.1 Å². The van der Waals surface area contributed by atoms with Gasteiger partial charge in [-0.3, -0.25) is 9.59 Å². The van der Waals surface area contributed by atoms with E-state index in [1.807, 2.05) is 30.3 Å². The first-order valence-electron chi connectivity index (χ1n) is 12.6. The van der Waals surface area contributed by atoms with Gasteiger partial charge in [-0.05, 0) is 42.2 Å². The second kappa shape index (κ2) is 13.4. The summed E-state index contributed by atoms with van der Waals surface area (Å²) in [6, 6.07) is 13.0. The fraction of sp³-hybridized carbons (Fsp3) is 0.379. The molecule has 2 aromatic carbocycles. The van der Waals surface area contributed by atoms with E-state index < -0.39 is 0 Å². The Morgan fingerprint density at radius 2 is 1.65 bits per heavy atom. The van der Waals surface area contributed by atoms with E-state index in [9.17, 15) is 9.59 Å². The Morgan fingerprint density at radius 1 is 0.946 bits per heavy atom. The van der Waals surface area contributed by atoms with Crippen LogP contribution >= 0.6 is 0 Å². The number of hydrogen-bond donors (Lipinski definition) is 1. The SMILES string of the molecule is CCC(CC)CNC(=O)c1cnc(-c2cccc(C(=O)N(C)CCc3ccc(OC)c(OC)c3)c2)nc1. The first kappa shape index (κ1) is 27.6. The van der Waals surface area contributed by atoms with Crippen molar-refractivity contribution >= 4 is 11.8 Å². The Kier molecular flexibility index (Phi) is 10.0. The molecule has 0 bridgehead atoms. The van der Waals surface area contributed by atoms with E-state index in [4.69, 9.17) is 9.47 Å². The first-order chi connectivity index (χ1) is 17.9. The molecule has 37 heavy (non-hydrogen) atoms. The van der Waals surface area contributed by atoms with Crippen LogP contribution in [0.15, 0.2) is 54.9 Å². The number of nitrogens with one attached hydrogen (secondary N) is 1. The van der Waals surface area contributed by atoms with Crippen LogP contribution in [0.2, 0.25) is 0 Å². The number of carbonyl (C=O) groups is 2. The Hall–Kier alpha value is -3.94. The minimum absolute atomic E-state index is 0.0975. The largest absolute Gasteiger partial charge is 0.493 e. The van der Waals surface area contributed by atoms with Gasteiger partial charge in [0.25, 0.3) is 11.8 Å². The van der Waals surface area contributed by atoms with Crippen LogP contribution in [-0.2, 0) is 6.42 Å². The third-order valence-electron chi connectivity index (χ3n) is 6.52. The van der Waals surface area contributed by atoms with Gasteiger partial charge in [-0.2, -0.15) is 0 Å². The highest BCUT2D eigenvalue weighted by molar-refractivity contribution is 5.95. The van der Waals surface area contributed by atoms with Crippen LogP contribution in [-0.4, -0.2) is 61.0 Å². The van der Waals surface area contributed by atoms with Crippen LogP contribution in [0.4, 0.5) is 0 Å². The molecule has 2 amide bonds. The Morgan fingerprint density at radius 3 is 2.30 bits per heavy atom. The molecule has 0 aliphatic heterocycles. The quantitative estimate of drug-likeness (QED) is 0.386. The molecule has 0 radical (unpaired) electrons. The molecule has 0 atom stereocenters. The summed E-state index contributed by atoms with van der Waals surface area (Å²) in [7, 11) is 4.98. The molecule has 1 N–H and O–H groups in total. The molecule has 1 heterocycles. The topological polar surface area (TPSA) is 93.7 Å². The molecular formula is C29H36N4O4. The maximum absolute atomic E-state index is 13.1. The van der Waals surface area contributed by atoms with E-state index in [1.54, 1.807) is 38.3 Å². The zero-order valence-electron chi connectivity index (χ0n) is 22.3. The van der Waals surface area contributed by atoms with Gasteiger partial charge in [-0.1, -0.05) is 44.9 Å². The van der Waals surface area contributed by atoms with Gasteiger partial charge in [0.05, 0.1) is 19.8 Å². The number of aromatic nitrogens is 2. The molecule has 3 aromatic rings. The minimum atomic E-state index is -0.182. The number of benzene rings is 2. The Labute approximate surface area is 219 Å². The number of hydrogen-bond acceptors (Lipinski definition) is 6. The zero-order chi connectivity index (χ0) is 26.8. The van der Waals surface area contributed by atoms with Crippen LogP contribution in [0.5, 0.6) is 11.5 Å². The molecule has 0 unspecified atom stereocenters. The van der Waals surface area contributed by atoms with Gasteiger partial charge in [-0.15, -0.1) is 0 Å². The molecule has 8 nitrogen and oxygen atoms in total. The fourth-order valence-electron chi connectivity index (χ4n) is 3.96. The lowest BCUT2D eigenvalue weighted by Gasteiger charge is -2.18. The molecule has 0 aliphatic carbocycles. The highest BCUT2D eigenvalue weighted by Gasteiger charge is 2.15. The normalized spacial score (nSPS) is 10.8. The summed E-state index contributed by atoms with van der Waals surface area (Å²) in [4.78, 5) is 35.9. The van der Waals surface area contributed by atoms with E-state index in [0.717, 1.165) is 18.4 Å². The van der Waals surface area contributed by atoms with Gasteiger partial charge in [-0.25, -0.2) is 9.97 Å². The van der Waals surface area contributed by atoms with Crippen molar-refractivity contribution in [3.8, 4) is 22.9 Å². The smallest absolute Gasteiger partial charge is 0.254 e. The highest BCUT2D eigenvalue weighted by Crippen LogP contribution is 2.27. The lowest BCUT2D eigenvalue weighted by Crippen LogP contribution is -2.29. The van der Waals surface area contributed by atoms with Gasteiger partial charge in [0.2, 0.25) is 0 Å². The molecule has 8 heteroatoms. The van der Waals surface area contributed by atoms with Crippen molar-refractivity contribution in [2.24, 2.45) is 5.92 Å². The summed E-state index contributed by atoms with van der Waals surface area (Å²) in [5.41, 5.74) is 2.71. The number of amides is 2. The maximum atomic E-state index is 13.1. The van der Waals surface area contributed by atoms with Crippen molar-refractivity contribution in [1.82, 2.24) is 20.2 Å². The predicted octanol–water partition coefficient (Wildman–Crippen LogP) is 4.64. The molecular weight excluding hydrogens is 468 g/mol. The molecule has 0 spiro atoms. The molecule has 3 rings (SSSR count). The van der Waals surface area contributed by atoms with Crippen molar-refractivity contribution < 1.29 is 19.1 Å². The van der Waals surface area contributed by atoms with E-state index in [0.29, 0.717) is 59.4 Å². The van der Waals surface area contributed by atoms with Crippen LogP contribution in [0, 0.1) is 5.92 Å². The van der Waals surface area contributed by atoms with Gasteiger partial charge < -0.3 is 19.7 Å². The van der Waals surface area contributed by atoms with E-state index in [1.165, 1.54) is 12.4 Å². The number of rotatable bonds is 12. The molecule has 0 saturated carbocycles. The minimum Gasteiger partial charge on any atom is -0.493 e. The average Bonchev–Trinajstić information content (AvgIpc) is 2.95. The summed E-state index contributed by atoms with van der Waals surface area (Å²) in [6.45, 7) is 5.41. The Bertz CT molecular complexity index is 1190. The van der Waals surface area contributed by atoms with E-state index >= 15 is 0 Å². The first-order valence-corrected chi connectivity index (χ1v) is 12.6. The summed E-state index contributed by atoms with van der Waals surface area (Å²) in [6.07, 6.45) is 5.76. The second-order valence-corrected chi connectivity index (χ2v) is 8.93. The molecule has 0 aliphatic rings. The van der Waals surface area contributed by atoms with Crippen molar-refractivity contribution in [2.75, 3.05) is 34.4 Å². The van der Waals surface area contributed by atoms with Crippen molar-refractivity contribution in [3.05, 3.63) is 71.5 Å². The number of ether oxygens (including phenoxy) is 2. The third-order valence-corrected chi connectivity index (χ3v) is 6.52. The maximum Gasteiger partial charge on any atom is 0.254 e. The summed E-state index contributed by atoms with van der Waals surface area (Å²) in [5.74, 6) is 1.97. The van der Waals surface area contributed by atoms with Crippen LogP contribution < -0.4 is 14.8 Å². The van der Waals surface area contributed by atoms with E-state index in [2.05, 4.69) is 29.1 Å².